The summed E-state index contributed by atoms with van der Waals surface area (Å²) in [5.74, 6) is 0.437. The van der Waals surface area contributed by atoms with E-state index < -0.39 is 0 Å². The monoisotopic (exact) mass is 320 g/mol. The number of nitrogens with zero attached hydrogens (tertiary/aromatic N) is 1. The fraction of sp³-hybridized carbons (Fsp3) is 0.0769. The number of hydrazine groups is 1. The van der Waals surface area contributed by atoms with E-state index in [9.17, 15) is 4.79 Å². The van der Waals surface area contributed by atoms with E-state index in [4.69, 9.17) is 10.2 Å². The second kappa shape index (κ2) is 4.55. The molecule has 0 spiro atoms. The maximum atomic E-state index is 12.0. The highest BCUT2D eigenvalue weighted by atomic mass is 79.9. The second-order valence-corrected chi connectivity index (χ2v) is 4.95. The van der Waals surface area contributed by atoms with Crippen molar-refractivity contribution in [3.63, 3.8) is 0 Å². The maximum Gasteiger partial charge on any atom is 0.321 e. The number of nitrogens with two attached hydrogens (primary N) is 1. The number of nitrogens with one attached hydrogen (secondary N) is 1. The molecule has 0 saturated carbocycles. The number of carbonyl (C=O) groups excluding carboxylic acids is 1. The highest BCUT2D eigenvalue weighted by Gasteiger charge is 2.26. The number of rotatable bonds is 2. The van der Waals surface area contributed by atoms with Crippen LogP contribution in [0.5, 0.6) is 0 Å². The minimum atomic E-state index is -0.332. The molecule has 1 aromatic heterocycles. The van der Waals surface area contributed by atoms with Crippen molar-refractivity contribution < 1.29 is 13.9 Å². The summed E-state index contributed by atoms with van der Waals surface area (Å²) >= 11 is 3.16. The van der Waals surface area contributed by atoms with E-state index in [2.05, 4.69) is 21.4 Å². The van der Waals surface area contributed by atoms with E-state index in [-0.39, 0.29) is 11.7 Å². The van der Waals surface area contributed by atoms with Crippen LogP contribution in [0.4, 0.5) is 0 Å². The van der Waals surface area contributed by atoms with Crippen LogP contribution in [0.25, 0.3) is 0 Å². The first kappa shape index (κ1) is 12.0. The summed E-state index contributed by atoms with van der Waals surface area (Å²) in [7, 11) is 0. The summed E-state index contributed by atoms with van der Waals surface area (Å²) in [4.78, 5) is 12.0. The normalized spacial score (nSPS) is 13.5. The Kier molecular flexibility index (Phi) is 2.87. The van der Waals surface area contributed by atoms with Gasteiger partial charge in [-0.15, -0.1) is 0 Å². The van der Waals surface area contributed by atoms with Crippen molar-refractivity contribution in [2.24, 2.45) is 5.73 Å². The number of halogens is 1. The largest absolute Gasteiger partial charge is 0.444 e. The molecule has 5 nitrogen and oxygen atoms in total. The Hall–Kier alpha value is -2.08. The van der Waals surface area contributed by atoms with Crippen molar-refractivity contribution in [1.82, 2.24) is 5.43 Å². The molecule has 0 saturated heterocycles. The highest BCUT2D eigenvalue weighted by Crippen LogP contribution is 2.16. The average molecular weight is 321 g/mol. The molecular formula is C13H11BrN3O2+. The van der Waals surface area contributed by atoms with Gasteiger partial charge >= 0.3 is 5.91 Å². The Balaban J connectivity index is 1.83. The number of hydrogen-bond acceptors (Lipinski definition) is 3. The van der Waals surface area contributed by atoms with Gasteiger partial charge in [0.15, 0.2) is 10.4 Å². The molecule has 6 heteroatoms. The number of hydrazone groups is 1. The van der Waals surface area contributed by atoms with Gasteiger partial charge in [-0.1, -0.05) is 18.2 Å². The Morgan fingerprint density at radius 3 is 2.79 bits per heavy atom. The fourth-order valence-corrected chi connectivity index (χ4v) is 2.33. The van der Waals surface area contributed by atoms with Gasteiger partial charge in [0.2, 0.25) is 0 Å². The van der Waals surface area contributed by atoms with Crippen LogP contribution < -0.4 is 11.2 Å². The van der Waals surface area contributed by atoms with Crippen LogP contribution in [0, 0.1) is 0 Å². The lowest BCUT2D eigenvalue weighted by Crippen LogP contribution is -2.38. The Morgan fingerprint density at radius 2 is 2.11 bits per heavy atom. The number of furan rings is 1. The van der Waals surface area contributed by atoms with Crippen molar-refractivity contribution in [2.75, 3.05) is 0 Å². The Labute approximate surface area is 117 Å². The molecule has 0 atom stereocenters. The lowest BCUT2D eigenvalue weighted by atomic mass is 10.1. The smallest absolute Gasteiger partial charge is 0.321 e. The fourth-order valence-electron chi connectivity index (χ4n) is 2.02. The molecule has 96 valence electrons. The Morgan fingerprint density at radius 1 is 1.32 bits per heavy atom. The summed E-state index contributed by atoms with van der Waals surface area (Å²) in [5.41, 5.74) is 10.8. The van der Waals surface area contributed by atoms with Gasteiger partial charge in [-0.3, -0.25) is 10.5 Å². The summed E-state index contributed by atoms with van der Waals surface area (Å²) in [6, 6.07) is 11.0. The summed E-state index contributed by atoms with van der Waals surface area (Å²) in [5, 5.41) is 0. The first-order chi connectivity index (χ1) is 9.15. The zero-order valence-electron chi connectivity index (χ0n) is 9.89. The molecule has 1 aliphatic rings. The number of hydrogen-bond donors (Lipinski definition) is 2. The predicted octanol–water partition coefficient (Wildman–Crippen LogP) is 1.62. The molecule has 1 amide bonds. The summed E-state index contributed by atoms with van der Waals surface area (Å²) in [6.07, 6.45) is 0. The van der Waals surface area contributed by atoms with E-state index in [0.717, 1.165) is 11.1 Å². The molecule has 3 N–H and O–H groups in total. The second-order valence-electron chi connectivity index (χ2n) is 4.17. The van der Waals surface area contributed by atoms with Gasteiger partial charge in [0, 0.05) is 5.56 Å². The average Bonchev–Trinajstić information content (AvgIpc) is 2.96. The standard InChI is InChI=1S/C13H10BrN3O2/c14-11-6-5-10(19-11)13(18)16-17-7-8-3-1-2-4-9(8)12(17)15/h1-6,15H,7H2,(H,16,18)/p+1. The number of amidine groups is 1. The van der Waals surface area contributed by atoms with Crippen LogP contribution in [0.1, 0.15) is 21.7 Å². The number of benzene rings is 1. The molecule has 3 rings (SSSR count). The van der Waals surface area contributed by atoms with Crippen LogP contribution in [-0.4, -0.2) is 16.4 Å². The summed E-state index contributed by atoms with van der Waals surface area (Å²) < 4.78 is 7.32. The first-order valence-electron chi connectivity index (χ1n) is 5.70. The quantitative estimate of drug-likeness (QED) is 0.826. The lowest BCUT2D eigenvalue weighted by molar-refractivity contribution is -0.584. The van der Waals surface area contributed by atoms with Gasteiger partial charge in [0.25, 0.3) is 5.84 Å². The van der Waals surface area contributed by atoms with E-state index in [1.165, 1.54) is 0 Å². The topological polar surface area (TPSA) is 71.3 Å². The van der Waals surface area contributed by atoms with E-state index in [0.29, 0.717) is 17.0 Å². The lowest BCUT2D eigenvalue weighted by Gasteiger charge is -2.02. The van der Waals surface area contributed by atoms with E-state index >= 15 is 0 Å². The summed E-state index contributed by atoms with van der Waals surface area (Å²) in [6.45, 7) is 0.551. The molecule has 0 radical (unpaired) electrons. The van der Waals surface area contributed by atoms with Crippen molar-refractivity contribution in [3.05, 3.63) is 58.0 Å². The highest BCUT2D eigenvalue weighted by molar-refractivity contribution is 9.10. The predicted molar refractivity (Wildman–Crippen MR) is 72.6 cm³/mol. The molecule has 0 aliphatic carbocycles. The van der Waals surface area contributed by atoms with Gasteiger partial charge in [0.05, 0.1) is 5.56 Å². The van der Waals surface area contributed by atoms with Gasteiger partial charge in [0.1, 0.15) is 6.54 Å². The third kappa shape index (κ3) is 2.15. The molecule has 2 heterocycles. The molecule has 0 bridgehead atoms. The molecule has 2 aromatic rings. The SMILES string of the molecule is NC1=[N+](NC(=O)c2ccc(Br)o2)Cc2ccccc21. The van der Waals surface area contributed by atoms with Crippen molar-refractivity contribution in [2.45, 2.75) is 6.54 Å². The number of carbonyl (C=O) groups is 1. The van der Waals surface area contributed by atoms with Crippen molar-refractivity contribution >= 4 is 27.7 Å². The zero-order chi connectivity index (χ0) is 13.4. The van der Waals surface area contributed by atoms with Crippen LogP contribution in [0.2, 0.25) is 0 Å². The molecule has 0 fully saturated rings. The number of amides is 1. The minimum absolute atomic E-state index is 0.232. The van der Waals surface area contributed by atoms with Gasteiger partial charge < -0.3 is 4.42 Å². The van der Waals surface area contributed by atoms with E-state index in [1.54, 1.807) is 16.8 Å². The minimum Gasteiger partial charge on any atom is -0.444 e. The third-order valence-corrected chi connectivity index (χ3v) is 3.37. The van der Waals surface area contributed by atoms with Crippen LogP contribution in [0.3, 0.4) is 0 Å². The molecule has 19 heavy (non-hydrogen) atoms. The van der Waals surface area contributed by atoms with Crippen LogP contribution in [0.15, 0.2) is 45.5 Å². The molecule has 1 aromatic carbocycles. The van der Waals surface area contributed by atoms with E-state index in [1.807, 2.05) is 24.3 Å². The van der Waals surface area contributed by atoms with Gasteiger partial charge in [-0.25, -0.2) is 0 Å². The first-order valence-corrected chi connectivity index (χ1v) is 6.49. The molecule has 0 unspecified atom stereocenters. The maximum absolute atomic E-state index is 12.0. The molecular weight excluding hydrogens is 310 g/mol. The number of fused-ring (bicyclic) bond motifs is 1. The third-order valence-electron chi connectivity index (χ3n) is 2.95. The van der Waals surface area contributed by atoms with Gasteiger partial charge in [-0.05, 0) is 34.1 Å². The van der Waals surface area contributed by atoms with Crippen molar-refractivity contribution in [1.29, 1.82) is 0 Å². The van der Waals surface area contributed by atoms with Crippen LogP contribution >= 0.6 is 15.9 Å². The van der Waals surface area contributed by atoms with Gasteiger partial charge in [-0.2, -0.15) is 10.1 Å². The van der Waals surface area contributed by atoms with Crippen LogP contribution in [-0.2, 0) is 6.54 Å². The Bertz CT molecular complexity index is 691. The van der Waals surface area contributed by atoms with Crippen molar-refractivity contribution in [3.8, 4) is 0 Å². The zero-order valence-corrected chi connectivity index (χ0v) is 11.5. The molecule has 1 aliphatic heterocycles.